The topological polar surface area (TPSA) is 18.5 Å². The molecule has 3 aromatic rings. The molecule has 0 radical (unpaired) electrons. The van der Waals surface area contributed by atoms with Gasteiger partial charge in [-0.25, -0.2) is 0 Å². The first-order valence-corrected chi connectivity index (χ1v) is 8.90. The van der Waals surface area contributed by atoms with Crippen molar-refractivity contribution in [2.75, 3.05) is 0 Å². The number of hydrogen-bond acceptors (Lipinski definition) is 2. The molecule has 124 valence electrons. The van der Waals surface area contributed by atoms with Gasteiger partial charge >= 0.3 is 7.12 Å². The van der Waals surface area contributed by atoms with Crippen LogP contribution in [0.15, 0.2) is 54.6 Å². The molecule has 1 aliphatic carbocycles. The number of benzene rings is 3. The van der Waals surface area contributed by atoms with Gasteiger partial charge < -0.3 is 9.31 Å². The minimum atomic E-state index is -0.335. The van der Waals surface area contributed by atoms with Gasteiger partial charge in [-0.2, -0.15) is 0 Å². The highest BCUT2D eigenvalue weighted by molar-refractivity contribution is 6.65. The van der Waals surface area contributed by atoms with Gasteiger partial charge in [0, 0.05) is 0 Å². The van der Waals surface area contributed by atoms with Crippen LogP contribution in [0, 0.1) is 0 Å². The van der Waals surface area contributed by atoms with Gasteiger partial charge in [0.25, 0.3) is 0 Å². The third-order valence-corrected chi connectivity index (χ3v) is 6.09. The summed E-state index contributed by atoms with van der Waals surface area (Å²) >= 11 is 0. The van der Waals surface area contributed by atoms with Crippen molar-refractivity contribution >= 4 is 23.4 Å². The van der Waals surface area contributed by atoms with Crippen LogP contribution in [0.5, 0.6) is 0 Å². The normalized spacial score (nSPS) is 19.4. The average Bonchev–Trinajstić information content (AvgIpc) is 3.01. The first kappa shape index (κ1) is 15.2. The number of fused-ring (bicyclic) bond motifs is 3. The Morgan fingerprint density at radius 2 is 1.20 bits per heavy atom. The van der Waals surface area contributed by atoms with E-state index >= 15 is 0 Å². The van der Waals surface area contributed by atoms with E-state index in [-0.39, 0.29) is 18.3 Å². The van der Waals surface area contributed by atoms with Gasteiger partial charge in [-0.1, -0.05) is 54.6 Å². The van der Waals surface area contributed by atoms with E-state index in [1.165, 1.54) is 33.0 Å². The molecule has 1 saturated heterocycles. The smallest absolute Gasteiger partial charge is 0.399 e. The molecule has 1 heterocycles. The molecule has 1 fully saturated rings. The molecule has 0 saturated carbocycles. The van der Waals surface area contributed by atoms with Crippen LogP contribution in [0.1, 0.15) is 27.7 Å². The monoisotopic (exact) mass is 328 g/mol. The molecule has 0 amide bonds. The van der Waals surface area contributed by atoms with Gasteiger partial charge in [0.15, 0.2) is 0 Å². The van der Waals surface area contributed by atoms with Crippen LogP contribution in [-0.2, 0) is 9.31 Å². The zero-order valence-corrected chi connectivity index (χ0v) is 15.1. The van der Waals surface area contributed by atoms with E-state index in [2.05, 4.69) is 82.3 Å². The highest BCUT2D eigenvalue weighted by atomic mass is 16.7. The van der Waals surface area contributed by atoms with E-state index in [1.54, 1.807) is 0 Å². The molecule has 1 aliphatic heterocycles. The lowest BCUT2D eigenvalue weighted by Gasteiger charge is -2.32. The summed E-state index contributed by atoms with van der Waals surface area (Å²) in [7, 11) is -0.335. The van der Waals surface area contributed by atoms with Crippen molar-refractivity contribution in [1.82, 2.24) is 0 Å². The molecular formula is C22H21BO2. The number of rotatable bonds is 1. The Hall–Kier alpha value is -2.10. The standard InChI is InChI=1S/C22H21BO2/c1-21(2)22(3,4)25-23(24-21)19-13-12-17-15-9-6-5-8-14(15)16-10-7-11-18(19)20(16)17/h5-13H,1-4H3. The maximum atomic E-state index is 6.31. The Kier molecular flexibility index (Phi) is 2.88. The highest BCUT2D eigenvalue weighted by Crippen LogP contribution is 2.47. The zero-order valence-electron chi connectivity index (χ0n) is 15.1. The molecule has 3 heteroatoms. The van der Waals surface area contributed by atoms with Crippen molar-refractivity contribution in [2.24, 2.45) is 0 Å². The van der Waals surface area contributed by atoms with Crippen LogP contribution in [0.25, 0.3) is 33.0 Å². The summed E-state index contributed by atoms with van der Waals surface area (Å²) in [5.74, 6) is 0. The van der Waals surface area contributed by atoms with Crippen LogP contribution in [0.2, 0.25) is 0 Å². The Labute approximate surface area is 148 Å². The van der Waals surface area contributed by atoms with Gasteiger partial charge in [0.1, 0.15) is 0 Å². The fraction of sp³-hybridized carbons (Fsp3) is 0.273. The van der Waals surface area contributed by atoms with E-state index in [9.17, 15) is 0 Å². The van der Waals surface area contributed by atoms with Crippen LogP contribution in [-0.4, -0.2) is 18.3 Å². The Balaban J connectivity index is 1.73. The molecule has 0 atom stereocenters. The highest BCUT2D eigenvalue weighted by Gasteiger charge is 2.52. The zero-order chi connectivity index (χ0) is 17.4. The summed E-state index contributed by atoms with van der Waals surface area (Å²) in [5, 5.41) is 2.54. The van der Waals surface area contributed by atoms with E-state index in [0.717, 1.165) is 5.46 Å². The Morgan fingerprint density at radius 1 is 0.640 bits per heavy atom. The van der Waals surface area contributed by atoms with Gasteiger partial charge in [-0.3, -0.25) is 0 Å². The van der Waals surface area contributed by atoms with E-state index in [0.29, 0.717) is 0 Å². The molecular weight excluding hydrogens is 307 g/mol. The summed E-state index contributed by atoms with van der Waals surface area (Å²) in [6.45, 7) is 8.40. The van der Waals surface area contributed by atoms with Crippen molar-refractivity contribution in [3.63, 3.8) is 0 Å². The Bertz CT molecular complexity index is 974. The summed E-state index contributed by atoms with van der Waals surface area (Å²) in [5.41, 5.74) is 5.70. The van der Waals surface area contributed by atoms with Gasteiger partial charge in [0.2, 0.25) is 0 Å². The first-order valence-electron chi connectivity index (χ1n) is 8.90. The maximum absolute atomic E-state index is 6.31. The summed E-state index contributed by atoms with van der Waals surface area (Å²) in [6, 6.07) is 19.6. The lowest BCUT2D eigenvalue weighted by molar-refractivity contribution is 0.00578. The van der Waals surface area contributed by atoms with Crippen LogP contribution < -0.4 is 5.46 Å². The third-order valence-electron chi connectivity index (χ3n) is 6.09. The molecule has 0 bridgehead atoms. The second-order valence-electron chi connectivity index (χ2n) is 8.06. The van der Waals surface area contributed by atoms with Crippen molar-refractivity contribution < 1.29 is 9.31 Å². The quantitative estimate of drug-likeness (QED) is 0.468. The molecule has 2 aliphatic rings. The first-order chi connectivity index (χ1) is 11.9. The van der Waals surface area contributed by atoms with Crippen LogP contribution in [0.4, 0.5) is 0 Å². The van der Waals surface area contributed by atoms with Gasteiger partial charge in [0.05, 0.1) is 11.2 Å². The molecule has 0 aromatic heterocycles. The van der Waals surface area contributed by atoms with E-state index in [4.69, 9.17) is 9.31 Å². The van der Waals surface area contributed by atoms with Crippen LogP contribution in [0.3, 0.4) is 0 Å². The Morgan fingerprint density at radius 3 is 1.84 bits per heavy atom. The predicted octanol–water partition coefficient (Wildman–Crippen LogP) is 4.79. The third kappa shape index (κ3) is 1.94. The second-order valence-corrected chi connectivity index (χ2v) is 8.06. The lowest BCUT2D eigenvalue weighted by atomic mass is 9.75. The van der Waals surface area contributed by atoms with Gasteiger partial charge in [-0.15, -0.1) is 0 Å². The summed E-state index contributed by atoms with van der Waals surface area (Å²) in [6.07, 6.45) is 0. The van der Waals surface area contributed by atoms with Crippen molar-refractivity contribution in [3.8, 4) is 22.3 Å². The maximum Gasteiger partial charge on any atom is 0.495 e. The van der Waals surface area contributed by atoms with E-state index < -0.39 is 0 Å². The minimum absolute atomic E-state index is 0.330. The minimum Gasteiger partial charge on any atom is -0.399 e. The summed E-state index contributed by atoms with van der Waals surface area (Å²) < 4.78 is 12.6. The SMILES string of the molecule is CC1(C)OB(c2ccc3c4c(cccc24)-c2ccccc2-3)OC1(C)C. The second kappa shape index (κ2) is 4.75. The average molecular weight is 328 g/mol. The van der Waals surface area contributed by atoms with E-state index in [1.807, 2.05) is 0 Å². The van der Waals surface area contributed by atoms with Crippen molar-refractivity contribution in [2.45, 2.75) is 38.9 Å². The number of hydrogen-bond donors (Lipinski definition) is 0. The summed E-state index contributed by atoms with van der Waals surface area (Å²) in [4.78, 5) is 0. The van der Waals surface area contributed by atoms with Crippen molar-refractivity contribution in [3.05, 3.63) is 54.6 Å². The molecule has 0 unspecified atom stereocenters. The fourth-order valence-electron chi connectivity index (χ4n) is 4.01. The molecule has 0 N–H and O–H groups in total. The fourth-order valence-corrected chi connectivity index (χ4v) is 4.01. The molecule has 3 aromatic carbocycles. The van der Waals surface area contributed by atoms with Crippen molar-refractivity contribution in [1.29, 1.82) is 0 Å². The molecule has 25 heavy (non-hydrogen) atoms. The molecule has 2 nitrogen and oxygen atoms in total. The van der Waals surface area contributed by atoms with Gasteiger partial charge in [-0.05, 0) is 66.2 Å². The molecule has 0 spiro atoms. The van der Waals surface area contributed by atoms with Crippen LogP contribution >= 0.6 is 0 Å². The largest absolute Gasteiger partial charge is 0.495 e. The molecule has 5 rings (SSSR count). The lowest BCUT2D eigenvalue weighted by Crippen LogP contribution is -2.41. The predicted molar refractivity (Wildman–Crippen MR) is 104 cm³/mol.